The first-order valence-corrected chi connectivity index (χ1v) is 7.03. The molecule has 6 heteroatoms. The number of pyridine rings is 1. The van der Waals surface area contributed by atoms with Crippen molar-refractivity contribution in [3.8, 4) is 0 Å². The average Bonchev–Trinajstić information content (AvgIpc) is 2.90. The van der Waals surface area contributed by atoms with Crippen molar-refractivity contribution < 1.29 is 4.79 Å². The SMILES string of the molecule is CCCNc1ccc(C(=O)N(C)Cc2cnn(C)c2)nc1. The largest absolute Gasteiger partial charge is 0.384 e. The van der Waals surface area contributed by atoms with Crippen molar-refractivity contribution in [2.24, 2.45) is 7.05 Å². The monoisotopic (exact) mass is 287 g/mol. The van der Waals surface area contributed by atoms with Crippen molar-refractivity contribution in [1.82, 2.24) is 19.7 Å². The molecule has 0 fully saturated rings. The molecule has 0 radical (unpaired) electrons. The van der Waals surface area contributed by atoms with Crippen molar-refractivity contribution in [3.05, 3.63) is 42.0 Å². The summed E-state index contributed by atoms with van der Waals surface area (Å²) in [6, 6.07) is 3.63. The van der Waals surface area contributed by atoms with Gasteiger partial charge in [0.1, 0.15) is 5.69 Å². The third-order valence-electron chi connectivity index (χ3n) is 3.09. The van der Waals surface area contributed by atoms with Gasteiger partial charge in [0.2, 0.25) is 0 Å². The molecule has 0 aliphatic rings. The Morgan fingerprint density at radius 2 is 2.19 bits per heavy atom. The summed E-state index contributed by atoms with van der Waals surface area (Å²) in [7, 11) is 3.62. The molecule has 1 amide bonds. The van der Waals surface area contributed by atoms with Crippen molar-refractivity contribution in [2.45, 2.75) is 19.9 Å². The lowest BCUT2D eigenvalue weighted by atomic mass is 10.2. The highest BCUT2D eigenvalue weighted by molar-refractivity contribution is 5.92. The van der Waals surface area contributed by atoms with Gasteiger partial charge in [0, 0.05) is 38.9 Å². The zero-order chi connectivity index (χ0) is 15.2. The Morgan fingerprint density at radius 1 is 1.38 bits per heavy atom. The topological polar surface area (TPSA) is 63.1 Å². The van der Waals surface area contributed by atoms with Crippen molar-refractivity contribution in [1.29, 1.82) is 0 Å². The molecule has 2 heterocycles. The summed E-state index contributed by atoms with van der Waals surface area (Å²) in [4.78, 5) is 18.2. The minimum atomic E-state index is -0.0964. The maximum Gasteiger partial charge on any atom is 0.272 e. The normalized spacial score (nSPS) is 10.4. The smallest absolute Gasteiger partial charge is 0.272 e. The highest BCUT2D eigenvalue weighted by Crippen LogP contribution is 2.09. The molecule has 2 aromatic heterocycles. The molecule has 0 aromatic carbocycles. The van der Waals surface area contributed by atoms with Gasteiger partial charge in [0.15, 0.2) is 0 Å². The number of hydrogen-bond acceptors (Lipinski definition) is 4. The van der Waals surface area contributed by atoms with Crippen LogP contribution in [-0.4, -0.2) is 39.2 Å². The van der Waals surface area contributed by atoms with Gasteiger partial charge in [0.05, 0.1) is 18.1 Å². The molecular formula is C15H21N5O. The quantitative estimate of drug-likeness (QED) is 0.881. The maximum atomic E-state index is 12.3. The van der Waals surface area contributed by atoms with E-state index in [-0.39, 0.29) is 5.91 Å². The second-order valence-electron chi connectivity index (χ2n) is 5.04. The standard InChI is InChI=1S/C15H21N5O/c1-4-7-16-13-5-6-14(17-9-13)15(21)19(2)10-12-8-18-20(3)11-12/h5-6,8-9,11,16H,4,7,10H2,1-3H3. The third kappa shape index (κ3) is 4.05. The molecule has 0 atom stereocenters. The van der Waals surface area contributed by atoms with E-state index in [0.29, 0.717) is 12.2 Å². The van der Waals surface area contributed by atoms with E-state index in [1.54, 1.807) is 35.1 Å². The molecule has 0 aliphatic heterocycles. The maximum absolute atomic E-state index is 12.3. The van der Waals surface area contributed by atoms with Gasteiger partial charge in [-0.15, -0.1) is 0 Å². The molecular weight excluding hydrogens is 266 g/mol. The Balaban J connectivity index is 1.98. The third-order valence-corrected chi connectivity index (χ3v) is 3.09. The van der Waals surface area contributed by atoms with Gasteiger partial charge >= 0.3 is 0 Å². The van der Waals surface area contributed by atoms with Gasteiger partial charge in [-0.05, 0) is 18.6 Å². The van der Waals surface area contributed by atoms with Gasteiger partial charge < -0.3 is 10.2 Å². The van der Waals surface area contributed by atoms with Crippen LogP contribution in [0.2, 0.25) is 0 Å². The molecule has 112 valence electrons. The first kappa shape index (κ1) is 15.0. The molecule has 1 N–H and O–H groups in total. The number of aryl methyl sites for hydroxylation is 1. The lowest BCUT2D eigenvalue weighted by Gasteiger charge is -2.15. The first-order chi connectivity index (χ1) is 10.1. The average molecular weight is 287 g/mol. The second kappa shape index (κ2) is 6.88. The number of carbonyl (C=O) groups is 1. The number of aromatic nitrogens is 3. The van der Waals surface area contributed by atoms with E-state index in [0.717, 1.165) is 24.2 Å². The van der Waals surface area contributed by atoms with Gasteiger partial charge in [-0.25, -0.2) is 4.98 Å². The zero-order valence-corrected chi connectivity index (χ0v) is 12.7. The van der Waals surface area contributed by atoms with E-state index in [1.165, 1.54) is 0 Å². The first-order valence-electron chi connectivity index (χ1n) is 7.03. The molecule has 6 nitrogen and oxygen atoms in total. The van der Waals surface area contributed by atoms with Crippen LogP contribution in [0, 0.1) is 0 Å². The van der Waals surface area contributed by atoms with Gasteiger partial charge in [-0.3, -0.25) is 9.48 Å². The van der Waals surface area contributed by atoms with Crippen LogP contribution in [0.1, 0.15) is 29.4 Å². The highest BCUT2D eigenvalue weighted by atomic mass is 16.2. The van der Waals surface area contributed by atoms with Gasteiger partial charge in [-0.2, -0.15) is 5.10 Å². The summed E-state index contributed by atoms with van der Waals surface area (Å²) >= 11 is 0. The zero-order valence-electron chi connectivity index (χ0n) is 12.7. The van der Waals surface area contributed by atoms with Crippen LogP contribution in [0.25, 0.3) is 0 Å². The number of nitrogens with one attached hydrogen (secondary N) is 1. The van der Waals surface area contributed by atoms with E-state index in [1.807, 2.05) is 19.3 Å². The van der Waals surface area contributed by atoms with Crippen LogP contribution >= 0.6 is 0 Å². The molecule has 21 heavy (non-hydrogen) atoms. The van der Waals surface area contributed by atoms with E-state index in [9.17, 15) is 4.79 Å². The number of amides is 1. The molecule has 0 saturated heterocycles. The summed E-state index contributed by atoms with van der Waals surface area (Å²) < 4.78 is 1.72. The number of rotatable bonds is 6. The number of anilines is 1. The molecule has 0 spiro atoms. The van der Waals surface area contributed by atoms with Crippen molar-refractivity contribution >= 4 is 11.6 Å². The Kier molecular flexibility index (Phi) is 4.92. The van der Waals surface area contributed by atoms with Crippen LogP contribution in [0.5, 0.6) is 0 Å². The van der Waals surface area contributed by atoms with Crippen LogP contribution in [-0.2, 0) is 13.6 Å². The lowest BCUT2D eigenvalue weighted by Crippen LogP contribution is -2.26. The Morgan fingerprint density at radius 3 is 2.76 bits per heavy atom. The predicted molar refractivity (Wildman–Crippen MR) is 82.0 cm³/mol. The fraction of sp³-hybridized carbons (Fsp3) is 0.400. The molecule has 0 unspecified atom stereocenters. The fourth-order valence-electron chi connectivity index (χ4n) is 1.99. The van der Waals surface area contributed by atoms with E-state index in [4.69, 9.17) is 0 Å². The van der Waals surface area contributed by atoms with Gasteiger partial charge in [-0.1, -0.05) is 6.92 Å². The number of carbonyl (C=O) groups excluding carboxylic acids is 1. The van der Waals surface area contributed by atoms with E-state index < -0.39 is 0 Å². The summed E-state index contributed by atoms with van der Waals surface area (Å²) in [6.45, 7) is 3.52. The molecule has 2 rings (SSSR count). The highest BCUT2D eigenvalue weighted by Gasteiger charge is 2.14. The van der Waals surface area contributed by atoms with Gasteiger partial charge in [0.25, 0.3) is 5.91 Å². The Bertz CT molecular complexity index is 590. The van der Waals surface area contributed by atoms with Crippen molar-refractivity contribution in [2.75, 3.05) is 18.9 Å². The number of nitrogens with zero attached hydrogens (tertiary/aromatic N) is 4. The lowest BCUT2D eigenvalue weighted by molar-refractivity contribution is 0.0779. The van der Waals surface area contributed by atoms with Crippen LogP contribution in [0.15, 0.2) is 30.7 Å². The number of hydrogen-bond donors (Lipinski definition) is 1. The second-order valence-corrected chi connectivity index (χ2v) is 5.04. The summed E-state index contributed by atoms with van der Waals surface area (Å²) in [6.07, 6.45) is 6.40. The summed E-state index contributed by atoms with van der Waals surface area (Å²) in [5.74, 6) is -0.0964. The van der Waals surface area contributed by atoms with Crippen LogP contribution in [0.3, 0.4) is 0 Å². The summed E-state index contributed by atoms with van der Waals surface area (Å²) in [5, 5.41) is 7.33. The van der Waals surface area contributed by atoms with E-state index >= 15 is 0 Å². The molecule has 0 bridgehead atoms. The fourth-order valence-corrected chi connectivity index (χ4v) is 1.99. The predicted octanol–water partition coefficient (Wildman–Crippen LogP) is 1.91. The minimum absolute atomic E-state index is 0.0964. The van der Waals surface area contributed by atoms with Crippen molar-refractivity contribution in [3.63, 3.8) is 0 Å². The molecule has 0 saturated carbocycles. The molecule has 2 aromatic rings. The minimum Gasteiger partial charge on any atom is -0.384 e. The van der Waals surface area contributed by atoms with E-state index in [2.05, 4.69) is 22.3 Å². The Labute approximate surface area is 124 Å². The van der Waals surface area contributed by atoms with Crippen LogP contribution < -0.4 is 5.32 Å². The van der Waals surface area contributed by atoms with Crippen LogP contribution in [0.4, 0.5) is 5.69 Å². The molecule has 0 aliphatic carbocycles. The Hall–Kier alpha value is -2.37. The summed E-state index contributed by atoms with van der Waals surface area (Å²) in [5.41, 5.74) is 2.38.